The van der Waals surface area contributed by atoms with Crippen molar-refractivity contribution in [2.24, 2.45) is 0 Å². The third-order valence-corrected chi connectivity index (χ3v) is 2.42. The van der Waals surface area contributed by atoms with Crippen LogP contribution in [-0.2, 0) is 4.79 Å². The van der Waals surface area contributed by atoms with Crippen molar-refractivity contribution in [1.82, 2.24) is 0 Å². The molecule has 1 aromatic rings. The van der Waals surface area contributed by atoms with Crippen LogP contribution in [0.15, 0.2) is 18.2 Å². The lowest BCUT2D eigenvalue weighted by Crippen LogP contribution is -2.15. The molecule has 0 spiro atoms. The first-order chi connectivity index (χ1) is 8.16. The fraction of sp³-hybridized carbons (Fsp3) is 0.333. The molecule has 1 aromatic carbocycles. The van der Waals surface area contributed by atoms with Gasteiger partial charge in [-0.1, -0.05) is 0 Å². The third kappa shape index (κ3) is 2.75. The standard InChI is InChI=1S/C12H12O5/c13-10-3-5-17-11-2-1-8(7-9(10)11)16-6-4-12(14)15/h1-2,7H,3-6H2,(H,14,15). The topological polar surface area (TPSA) is 72.8 Å². The van der Waals surface area contributed by atoms with E-state index < -0.39 is 5.97 Å². The summed E-state index contributed by atoms with van der Waals surface area (Å²) in [4.78, 5) is 21.9. The number of hydrogen-bond donors (Lipinski definition) is 1. The molecule has 0 radical (unpaired) electrons. The summed E-state index contributed by atoms with van der Waals surface area (Å²) in [5, 5.41) is 8.47. The van der Waals surface area contributed by atoms with E-state index in [-0.39, 0.29) is 18.8 Å². The van der Waals surface area contributed by atoms with Crippen molar-refractivity contribution in [2.45, 2.75) is 12.8 Å². The van der Waals surface area contributed by atoms with Gasteiger partial charge in [0, 0.05) is 6.42 Å². The number of fused-ring (bicyclic) bond motifs is 1. The molecule has 0 aliphatic carbocycles. The zero-order valence-corrected chi connectivity index (χ0v) is 9.14. The Labute approximate surface area is 98.0 Å². The summed E-state index contributed by atoms with van der Waals surface area (Å²) in [5.74, 6) is 0.160. The van der Waals surface area contributed by atoms with Gasteiger partial charge in [0.15, 0.2) is 5.78 Å². The molecule has 0 bridgehead atoms. The van der Waals surface area contributed by atoms with E-state index in [1.807, 2.05) is 0 Å². The molecule has 0 fully saturated rings. The molecule has 0 saturated carbocycles. The highest BCUT2D eigenvalue weighted by Crippen LogP contribution is 2.28. The Bertz CT molecular complexity index is 452. The molecule has 0 amide bonds. The van der Waals surface area contributed by atoms with E-state index >= 15 is 0 Å². The van der Waals surface area contributed by atoms with Crippen molar-refractivity contribution in [2.75, 3.05) is 13.2 Å². The largest absolute Gasteiger partial charge is 0.493 e. The van der Waals surface area contributed by atoms with Gasteiger partial charge in [0.1, 0.15) is 11.5 Å². The Morgan fingerprint density at radius 2 is 2.29 bits per heavy atom. The van der Waals surface area contributed by atoms with Gasteiger partial charge < -0.3 is 14.6 Å². The van der Waals surface area contributed by atoms with Crippen LogP contribution in [0.3, 0.4) is 0 Å². The van der Waals surface area contributed by atoms with Gasteiger partial charge in [-0.15, -0.1) is 0 Å². The van der Waals surface area contributed by atoms with E-state index in [1.54, 1.807) is 18.2 Å². The van der Waals surface area contributed by atoms with Crippen LogP contribution in [0.1, 0.15) is 23.2 Å². The Morgan fingerprint density at radius 1 is 1.47 bits per heavy atom. The van der Waals surface area contributed by atoms with Crippen LogP contribution in [0.5, 0.6) is 11.5 Å². The molecular weight excluding hydrogens is 224 g/mol. The summed E-state index contributed by atoms with van der Waals surface area (Å²) in [6.45, 7) is 0.494. The number of carbonyl (C=O) groups is 2. The number of benzene rings is 1. The van der Waals surface area contributed by atoms with E-state index in [2.05, 4.69) is 0 Å². The number of carboxylic acid groups (broad SMARTS) is 1. The normalized spacial score (nSPS) is 13.8. The number of rotatable bonds is 4. The first-order valence-corrected chi connectivity index (χ1v) is 5.31. The van der Waals surface area contributed by atoms with Gasteiger partial charge in [-0.05, 0) is 18.2 Å². The maximum atomic E-state index is 11.6. The zero-order valence-electron chi connectivity index (χ0n) is 9.14. The molecule has 1 N–H and O–H groups in total. The van der Waals surface area contributed by atoms with Gasteiger partial charge >= 0.3 is 5.97 Å². The van der Waals surface area contributed by atoms with E-state index in [1.165, 1.54) is 0 Å². The highest BCUT2D eigenvalue weighted by molar-refractivity contribution is 5.99. The number of carbonyl (C=O) groups excluding carboxylic acids is 1. The van der Waals surface area contributed by atoms with Gasteiger partial charge in [-0.3, -0.25) is 9.59 Å². The monoisotopic (exact) mass is 236 g/mol. The van der Waals surface area contributed by atoms with Crippen LogP contribution in [0.2, 0.25) is 0 Å². The van der Waals surface area contributed by atoms with Gasteiger partial charge in [-0.25, -0.2) is 0 Å². The minimum absolute atomic E-state index is 0.0231. The highest BCUT2D eigenvalue weighted by atomic mass is 16.5. The van der Waals surface area contributed by atoms with Crippen LogP contribution in [0.4, 0.5) is 0 Å². The lowest BCUT2D eigenvalue weighted by atomic mass is 10.0. The molecule has 5 heteroatoms. The maximum Gasteiger partial charge on any atom is 0.306 e. The number of hydrogen-bond acceptors (Lipinski definition) is 4. The molecule has 0 atom stereocenters. The molecule has 90 valence electrons. The first kappa shape index (κ1) is 11.4. The SMILES string of the molecule is O=C(O)CCOc1ccc2c(c1)C(=O)CCO2. The minimum atomic E-state index is -0.914. The zero-order chi connectivity index (χ0) is 12.3. The van der Waals surface area contributed by atoms with Gasteiger partial charge in [0.2, 0.25) is 0 Å². The number of carboxylic acids is 1. The fourth-order valence-corrected chi connectivity index (χ4v) is 1.59. The van der Waals surface area contributed by atoms with Gasteiger partial charge in [0.25, 0.3) is 0 Å². The second-order valence-electron chi connectivity index (χ2n) is 3.67. The number of aliphatic carboxylic acids is 1. The number of ether oxygens (including phenoxy) is 2. The third-order valence-electron chi connectivity index (χ3n) is 2.42. The van der Waals surface area contributed by atoms with E-state index in [0.29, 0.717) is 30.1 Å². The number of ketones is 1. The van der Waals surface area contributed by atoms with Crippen LogP contribution >= 0.6 is 0 Å². The van der Waals surface area contributed by atoms with Crippen molar-refractivity contribution in [3.8, 4) is 11.5 Å². The Hall–Kier alpha value is -2.04. The summed E-state index contributed by atoms with van der Waals surface area (Å²) in [5.41, 5.74) is 0.504. The summed E-state index contributed by atoms with van der Waals surface area (Å²) in [7, 11) is 0. The van der Waals surface area contributed by atoms with Crippen molar-refractivity contribution < 1.29 is 24.2 Å². The van der Waals surface area contributed by atoms with Crippen LogP contribution in [0.25, 0.3) is 0 Å². The summed E-state index contributed by atoms with van der Waals surface area (Å²) < 4.78 is 10.6. The molecule has 0 unspecified atom stereocenters. The van der Waals surface area contributed by atoms with E-state index in [0.717, 1.165) is 0 Å². The van der Waals surface area contributed by atoms with Crippen LogP contribution in [-0.4, -0.2) is 30.1 Å². The quantitative estimate of drug-likeness (QED) is 0.857. The lowest BCUT2D eigenvalue weighted by molar-refractivity contribution is -0.137. The van der Waals surface area contributed by atoms with Crippen molar-refractivity contribution in [3.05, 3.63) is 23.8 Å². The summed E-state index contributed by atoms with van der Waals surface area (Å²) in [6.07, 6.45) is 0.299. The van der Waals surface area contributed by atoms with Crippen LogP contribution < -0.4 is 9.47 Å². The number of Topliss-reactive ketones (excluding diaryl/α,β-unsaturated/α-hetero) is 1. The average Bonchev–Trinajstić information content (AvgIpc) is 2.30. The Kier molecular flexibility index (Phi) is 3.27. The molecule has 1 aliphatic heterocycles. The fourth-order valence-electron chi connectivity index (χ4n) is 1.59. The second kappa shape index (κ2) is 4.86. The van der Waals surface area contributed by atoms with Gasteiger partial charge in [0.05, 0.1) is 25.2 Å². The minimum Gasteiger partial charge on any atom is -0.493 e. The van der Waals surface area contributed by atoms with Gasteiger partial charge in [-0.2, -0.15) is 0 Å². The Balaban J connectivity index is 2.07. The summed E-state index contributed by atoms with van der Waals surface area (Å²) in [6, 6.07) is 4.93. The molecule has 0 saturated heterocycles. The molecule has 1 aliphatic rings. The maximum absolute atomic E-state index is 11.6. The molecule has 2 rings (SSSR count). The second-order valence-corrected chi connectivity index (χ2v) is 3.67. The average molecular weight is 236 g/mol. The lowest BCUT2D eigenvalue weighted by Gasteiger charge is -2.16. The van der Waals surface area contributed by atoms with E-state index in [4.69, 9.17) is 14.6 Å². The molecular formula is C12H12O5. The van der Waals surface area contributed by atoms with E-state index in [9.17, 15) is 9.59 Å². The van der Waals surface area contributed by atoms with Crippen molar-refractivity contribution >= 4 is 11.8 Å². The smallest absolute Gasteiger partial charge is 0.306 e. The molecule has 5 nitrogen and oxygen atoms in total. The summed E-state index contributed by atoms with van der Waals surface area (Å²) >= 11 is 0. The molecule has 0 aromatic heterocycles. The predicted octanol–water partition coefficient (Wildman–Crippen LogP) is 1.51. The van der Waals surface area contributed by atoms with Crippen molar-refractivity contribution in [3.63, 3.8) is 0 Å². The van der Waals surface area contributed by atoms with Crippen LogP contribution in [0, 0.1) is 0 Å². The Morgan fingerprint density at radius 3 is 3.06 bits per heavy atom. The highest BCUT2D eigenvalue weighted by Gasteiger charge is 2.18. The molecule has 1 heterocycles. The molecule has 17 heavy (non-hydrogen) atoms. The van der Waals surface area contributed by atoms with Crippen molar-refractivity contribution in [1.29, 1.82) is 0 Å². The first-order valence-electron chi connectivity index (χ1n) is 5.31. The predicted molar refractivity (Wildman–Crippen MR) is 58.6 cm³/mol.